The smallest absolute Gasteiger partial charge is 0.335 e. The number of carbonyl (C=O) groups is 2. The monoisotopic (exact) mass is 352 g/mol. The van der Waals surface area contributed by atoms with Crippen molar-refractivity contribution >= 4 is 28.6 Å². The number of carboxylic acids is 1. The van der Waals surface area contributed by atoms with Gasteiger partial charge in [0.2, 0.25) is 0 Å². The van der Waals surface area contributed by atoms with E-state index < -0.39 is 5.97 Å². The number of pyridine rings is 1. The first-order chi connectivity index (χ1) is 12.3. The first-order valence-electron chi connectivity index (χ1n) is 8.28. The topological polar surface area (TPSA) is 97.1 Å². The number of amides is 1. The zero-order valence-electron chi connectivity index (χ0n) is 15.1. The van der Waals surface area contributed by atoms with Crippen LogP contribution in [0.15, 0.2) is 30.5 Å². The Labute approximate surface area is 150 Å². The zero-order chi connectivity index (χ0) is 19.0. The van der Waals surface area contributed by atoms with Crippen LogP contribution in [0.1, 0.15) is 51.9 Å². The molecular weight excluding hydrogens is 332 g/mol. The molecule has 2 N–H and O–H groups in total. The fourth-order valence-corrected chi connectivity index (χ4v) is 2.75. The summed E-state index contributed by atoms with van der Waals surface area (Å²) in [6, 6.07) is 6.55. The second-order valence-corrected chi connectivity index (χ2v) is 6.51. The van der Waals surface area contributed by atoms with Gasteiger partial charge < -0.3 is 10.4 Å². The third-order valence-corrected chi connectivity index (χ3v) is 4.23. The van der Waals surface area contributed by atoms with E-state index in [1.165, 1.54) is 12.1 Å². The highest BCUT2D eigenvalue weighted by Crippen LogP contribution is 2.22. The third kappa shape index (κ3) is 3.15. The molecule has 134 valence electrons. The number of hydrogen-bond donors (Lipinski definition) is 2. The molecule has 2 aromatic heterocycles. The Morgan fingerprint density at radius 2 is 1.92 bits per heavy atom. The molecule has 3 aromatic rings. The summed E-state index contributed by atoms with van der Waals surface area (Å²) in [7, 11) is 0. The molecule has 1 amide bonds. The van der Waals surface area contributed by atoms with Crippen molar-refractivity contribution in [3.63, 3.8) is 0 Å². The molecule has 0 radical (unpaired) electrons. The first-order valence-corrected chi connectivity index (χ1v) is 8.28. The van der Waals surface area contributed by atoms with Gasteiger partial charge in [0.25, 0.3) is 5.91 Å². The van der Waals surface area contributed by atoms with Gasteiger partial charge in [0.05, 0.1) is 23.0 Å². The maximum atomic E-state index is 12.7. The Hall–Kier alpha value is -3.22. The summed E-state index contributed by atoms with van der Waals surface area (Å²) in [4.78, 5) is 28.4. The Morgan fingerprint density at radius 3 is 2.58 bits per heavy atom. The number of benzene rings is 1. The molecular formula is C19H20N4O3. The van der Waals surface area contributed by atoms with Gasteiger partial charge in [0.15, 0.2) is 5.65 Å². The standard InChI is InChI=1S/C19H20N4O3/c1-10(2)23-17-14(9-20-23)7-15(12(4)21-17)18(24)22-16-8-13(19(25)26)6-5-11(16)3/h5-10H,1-4H3,(H,22,24)(H,25,26). The minimum Gasteiger partial charge on any atom is -0.478 e. The van der Waals surface area contributed by atoms with Crippen LogP contribution in [0.2, 0.25) is 0 Å². The van der Waals surface area contributed by atoms with E-state index in [2.05, 4.69) is 15.4 Å². The molecule has 26 heavy (non-hydrogen) atoms. The molecule has 0 spiro atoms. The summed E-state index contributed by atoms with van der Waals surface area (Å²) in [5.74, 6) is -1.37. The van der Waals surface area contributed by atoms with Crippen LogP contribution in [-0.4, -0.2) is 31.7 Å². The highest BCUT2D eigenvalue weighted by molar-refractivity contribution is 6.07. The van der Waals surface area contributed by atoms with Gasteiger partial charge in [-0.15, -0.1) is 0 Å². The van der Waals surface area contributed by atoms with Crippen molar-refractivity contribution in [2.45, 2.75) is 33.7 Å². The number of anilines is 1. The molecule has 0 fully saturated rings. The van der Waals surface area contributed by atoms with Gasteiger partial charge in [-0.2, -0.15) is 5.10 Å². The molecule has 7 heteroatoms. The molecule has 0 atom stereocenters. The van der Waals surface area contributed by atoms with Crippen molar-refractivity contribution in [2.24, 2.45) is 0 Å². The van der Waals surface area contributed by atoms with Gasteiger partial charge in [-0.05, 0) is 51.5 Å². The molecule has 7 nitrogen and oxygen atoms in total. The molecule has 1 aromatic carbocycles. The van der Waals surface area contributed by atoms with E-state index >= 15 is 0 Å². The van der Waals surface area contributed by atoms with Crippen molar-refractivity contribution in [3.8, 4) is 0 Å². The number of hydrogen-bond acceptors (Lipinski definition) is 4. The minimum atomic E-state index is -1.04. The van der Waals surface area contributed by atoms with Gasteiger partial charge in [-0.25, -0.2) is 14.5 Å². The van der Waals surface area contributed by atoms with Gasteiger partial charge in [-0.3, -0.25) is 4.79 Å². The lowest BCUT2D eigenvalue weighted by Crippen LogP contribution is -2.16. The highest BCUT2D eigenvalue weighted by Gasteiger charge is 2.16. The van der Waals surface area contributed by atoms with Crippen LogP contribution < -0.4 is 5.32 Å². The number of carbonyl (C=O) groups excluding carboxylic acids is 1. The van der Waals surface area contributed by atoms with E-state index in [1.807, 2.05) is 25.5 Å². The Bertz CT molecular complexity index is 1020. The van der Waals surface area contributed by atoms with Crippen LogP contribution in [0.4, 0.5) is 5.69 Å². The number of aromatic nitrogens is 3. The Kier molecular flexibility index (Phi) is 4.46. The van der Waals surface area contributed by atoms with E-state index in [1.54, 1.807) is 25.3 Å². The largest absolute Gasteiger partial charge is 0.478 e. The van der Waals surface area contributed by atoms with Gasteiger partial charge in [0.1, 0.15) is 0 Å². The molecule has 0 unspecified atom stereocenters. The molecule has 0 bridgehead atoms. The van der Waals surface area contributed by atoms with Crippen LogP contribution in [0.5, 0.6) is 0 Å². The van der Waals surface area contributed by atoms with Gasteiger partial charge in [-0.1, -0.05) is 6.07 Å². The summed E-state index contributed by atoms with van der Waals surface area (Å²) in [6.07, 6.45) is 1.69. The fourth-order valence-electron chi connectivity index (χ4n) is 2.75. The lowest BCUT2D eigenvalue weighted by molar-refractivity contribution is 0.0696. The van der Waals surface area contributed by atoms with E-state index in [0.717, 1.165) is 16.6 Å². The average Bonchev–Trinajstić information content (AvgIpc) is 2.98. The highest BCUT2D eigenvalue weighted by atomic mass is 16.4. The van der Waals surface area contributed by atoms with E-state index in [-0.39, 0.29) is 17.5 Å². The number of aryl methyl sites for hydroxylation is 2. The quantitative estimate of drug-likeness (QED) is 0.748. The van der Waals surface area contributed by atoms with Crippen molar-refractivity contribution < 1.29 is 14.7 Å². The van der Waals surface area contributed by atoms with Gasteiger partial charge in [0, 0.05) is 17.1 Å². The second kappa shape index (κ2) is 6.59. The second-order valence-electron chi connectivity index (χ2n) is 6.51. The summed E-state index contributed by atoms with van der Waals surface area (Å²) in [6.45, 7) is 7.61. The Balaban J connectivity index is 1.97. The molecule has 2 heterocycles. The molecule has 0 aliphatic carbocycles. The average molecular weight is 352 g/mol. The van der Waals surface area contributed by atoms with Crippen molar-refractivity contribution in [1.29, 1.82) is 0 Å². The molecule has 0 saturated carbocycles. The number of carboxylic acid groups (broad SMARTS) is 1. The first kappa shape index (κ1) is 17.6. The molecule has 0 aliphatic heterocycles. The number of aromatic carboxylic acids is 1. The normalized spacial score (nSPS) is 11.1. The maximum Gasteiger partial charge on any atom is 0.335 e. The summed E-state index contributed by atoms with van der Waals surface area (Å²) >= 11 is 0. The zero-order valence-corrected chi connectivity index (χ0v) is 15.1. The molecule has 0 saturated heterocycles. The Morgan fingerprint density at radius 1 is 1.19 bits per heavy atom. The van der Waals surface area contributed by atoms with Crippen molar-refractivity contribution in [1.82, 2.24) is 14.8 Å². The SMILES string of the molecule is Cc1ccc(C(=O)O)cc1NC(=O)c1cc2cnn(C(C)C)c2nc1C. The van der Waals surface area contributed by atoms with Crippen LogP contribution >= 0.6 is 0 Å². The number of fused-ring (bicyclic) bond motifs is 1. The predicted octanol–water partition coefficient (Wildman–Crippen LogP) is 3.58. The van der Waals surface area contributed by atoms with Crippen molar-refractivity contribution in [3.05, 3.63) is 52.8 Å². The van der Waals surface area contributed by atoms with Crippen LogP contribution in [0.25, 0.3) is 11.0 Å². The van der Waals surface area contributed by atoms with Crippen LogP contribution in [0.3, 0.4) is 0 Å². The minimum absolute atomic E-state index is 0.120. The number of nitrogens with one attached hydrogen (secondary N) is 1. The van der Waals surface area contributed by atoms with E-state index in [0.29, 0.717) is 16.9 Å². The number of rotatable bonds is 4. The summed E-state index contributed by atoms with van der Waals surface area (Å²) in [5.41, 5.74) is 3.12. The van der Waals surface area contributed by atoms with Gasteiger partial charge >= 0.3 is 5.97 Å². The number of nitrogens with zero attached hydrogens (tertiary/aromatic N) is 3. The van der Waals surface area contributed by atoms with E-state index in [4.69, 9.17) is 5.11 Å². The van der Waals surface area contributed by atoms with Crippen molar-refractivity contribution in [2.75, 3.05) is 5.32 Å². The summed E-state index contributed by atoms with van der Waals surface area (Å²) in [5, 5.41) is 17.0. The van der Waals surface area contributed by atoms with Crippen LogP contribution in [0, 0.1) is 13.8 Å². The molecule has 3 rings (SSSR count). The fraction of sp³-hybridized carbons (Fsp3) is 0.263. The third-order valence-electron chi connectivity index (χ3n) is 4.23. The van der Waals surface area contributed by atoms with Crippen LogP contribution in [-0.2, 0) is 0 Å². The maximum absolute atomic E-state index is 12.7. The lowest BCUT2D eigenvalue weighted by atomic mass is 10.1. The van der Waals surface area contributed by atoms with E-state index in [9.17, 15) is 9.59 Å². The molecule has 0 aliphatic rings. The summed E-state index contributed by atoms with van der Waals surface area (Å²) < 4.78 is 1.81. The predicted molar refractivity (Wildman–Crippen MR) is 98.7 cm³/mol. The lowest BCUT2D eigenvalue weighted by Gasteiger charge is -2.12.